The average Bonchev–Trinajstić information content (AvgIpc) is 3.33. The summed E-state index contributed by atoms with van der Waals surface area (Å²) >= 11 is 1.14. The number of nitrogens with zero attached hydrogens (tertiary/aromatic N) is 3. The van der Waals surface area contributed by atoms with E-state index in [0.717, 1.165) is 75.3 Å². The molecule has 3 rings (SSSR count). The topological polar surface area (TPSA) is 82.6 Å². The molecule has 0 spiro atoms. The second-order valence-corrected chi connectivity index (χ2v) is 11.3. The Bertz CT molecular complexity index is 946. The van der Waals surface area contributed by atoms with Crippen LogP contribution in [-0.2, 0) is 21.1 Å². The lowest BCUT2D eigenvalue weighted by Gasteiger charge is -2.30. The summed E-state index contributed by atoms with van der Waals surface area (Å²) in [5.41, 5.74) is 1.13. The summed E-state index contributed by atoms with van der Waals surface area (Å²) in [7, 11) is -3.53. The van der Waals surface area contributed by atoms with Crippen LogP contribution >= 0.6 is 11.3 Å². The molecule has 1 saturated heterocycles. The molecule has 1 aromatic heterocycles. The van der Waals surface area contributed by atoms with E-state index in [1.54, 1.807) is 17.5 Å². The van der Waals surface area contributed by atoms with Crippen LogP contribution in [0.5, 0.6) is 0 Å². The Labute approximate surface area is 195 Å². The quantitative estimate of drug-likeness (QED) is 0.473. The molecular formula is C23H34N4O3S2. The van der Waals surface area contributed by atoms with Crippen LogP contribution in [0, 0.1) is 0 Å². The highest BCUT2D eigenvalue weighted by molar-refractivity contribution is 7.93. The number of aromatic nitrogens is 1. The zero-order valence-electron chi connectivity index (χ0n) is 19.0. The zero-order chi connectivity index (χ0) is 23.0. The van der Waals surface area contributed by atoms with Gasteiger partial charge < -0.3 is 15.1 Å². The average molecular weight is 479 g/mol. The van der Waals surface area contributed by atoms with Gasteiger partial charge >= 0.3 is 0 Å². The molecule has 7 nitrogen and oxygen atoms in total. The molecule has 0 saturated carbocycles. The minimum absolute atomic E-state index is 0.134. The summed E-state index contributed by atoms with van der Waals surface area (Å²) in [5.74, 6) is 0.204. The predicted molar refractivity (Wildman–Crippen MR) is 128 cm³/mol. The van der Waals surface area contributed by atoms with Gasteiger partial charge in [-0.25, -0.2) is 13.4 Å². The molecule has 32 heavy (non-hydrogen) atoms. The molecule has 1 fully saturated rings. The molecular weight excluding hydrogens is 444 g/mol. The van der Waals surface area contributed by atoms with Crippen LogP contribution in [0.3, 0.4) is 0 Å². The first-order chi connectivity index (χ1) is 15.4. The Morgan fingerprint density at radius 2 is 2.00 bits per heavy atom. The number of carbonyl (C=O) groups is 1. The van der Waals surface area contributed by atoms with Crippen LogP contribution in [0.15, 0.2) is 45.1 Å². The normalized spacial score (nSPS) is 16.0. The van der Waals surface area contributed by atoms with Crippen LogP contribution in [0.25, 0.3) is 0 Å². The fourth-order valence-corrected chi connectivity index (χ4v) is 6.28. The highest BCUT2D eigenvalue weighted by atomic mass is 32.2. The lowest BCUT2D eigenvalue weighted by molar-refractivity contribution is -0.131. The summed E-state index contributed by atoms with van der Waals surface area (Å²) in [6, 6.07) is 7.56. The predicted octanol–water partition coefficient (Wildman–Crippen LogP) is 2.83. The van der Waals surface area contributed by atoms with Gasteiger partial charge in [-0.05, 0) is 63.4 Å². The van der Waals surface area contributed by atoms with E-state index in [1.165, 1.54) is 6.20 Å². The first kappa shape index (κ1) is 24.8. The second-order valence-electron chi connectivity index (χ2n) is 8.30. The van der Waals surface area contributed by atoms with E-state index in [0.29, 0.717) is 12.6 Å². The molecule has 2 heterocycles. The van der Waals surface area contributed by atoms with Crippen molar-refractivity contribution >= 4 is 27.1 Å². The van der Waals surface area contributed by atoms with Gasteiger partial charge in [-0.2, -0.15) is 0 Å². The number of benzene rings is 1. The smallest absolute Gasteiger partial charge is 0.236 e. The fraction of sp³-hybridized carbons (Fsp3) is 0.565. The van der Waals surface area contributed by atoms with Crippen molar-refractivity contribution in [2.75, 3.05) is 39.3 Å². The van der Waals surface area contributed by atoms with Crippen molar-refractivity contribution in [1.29, 1.82) is 0 Å². The minimum Gasteiger partial charge on any atom is -0.340 e. The maximum atomic E-state index is 12.6. The summed E-state index contributed by atoms with van der Waals surface area (Å²) in [5, 5.41) is 4.78. The molecule has 1 aromatic carbocycles. The third kappa shape index (κ3) is 6.60. The van der Waals surface area contributed by atoms with Gasteiger partial charge in [0.05, 0.1) is 11.4 Å². The van der Waals surface area contributed by atoms with Crippen molar-refractivity contribution < 1.29 is 13.2 Å². The van der Waals surface area contributed by atoms with Crippen LogP contribution in [-0.4, -0.2) is 74.4 Å². The number of piperazine rings is 1. The second kappa shape index (κ2) is 11.9. The standard InChI is InChI=1S/C23H34N4O3S2/c1-3-12-26(13-4-5-14-27-15-10-24-18-22(27)28)19(2)17-20-6-8-21(9-7-20)32(29,30)23-25-11-16-31-23/h6-9,11,16,19,24H,3-5,10,12-15,17-18H2,1-2H3. The molecule has 176 valence electrons. The maximum absolute atomic E-state index is 12.6. The van der Waals surface area contributed by atoms with Crippen molar-refractivity contribution in [1.82, 2.24) is 20.1 Å². The number of thiazole rings is 1. The third-order valence-electron chi connectivity index (χ3n) is 5.85. The first-order valence-electron chi connectivity index (χ1n) is 11.4. The molecule has 9 heteroatoms. The number of hydrogen-bond donors (Lipinski definition) is 1. The Morgan fingerprint density at radius 1 is 1.22 bits per heavy atom. The van der Waals surface area contributed by atoms with Crippen molar-refractivity contribution in [2.45, 2.75) is 54.8 Å². The van der Waals surface area contributed by atoms with Crippen molar-refractivity contribution in [3.63, 3.8) is 0 Å². The number of sulfone groups is 1. The molecule has 0 bridgehead atoms. The van der Waals surface area contributed by atoms with E-state index in [-0.39, 0.29) is 15.1 Å². The highest BCUT2D eigenvalue weighted by Gasteiger charge is 2.21. The van der Waals surface area contributed by atoms with Gasteiger partial charge in [-0.1, -0.05) is 19.1 Å². The number of hydrogen-bond acceptors (Lipinski definition) is 7. The molecule has 1 aliphatic rings. The van der Waals surface area contributed by atoms with Gasteiger partial charge in [0.25, 0.3) is 0 Å². The summed E-state index contributed by atoms with van der Waals surface area (Å²) in [4.78, 5) is 20.6. The van der Waals surface area contributed by atoms with Crippen molar-refractivity contribution in [3.8, 4) is 0 Å². The van der Waals surface area contributed by atoms with Crippen LogP contribution in [0.1, 0.15) is 38.7 Å². The van der Waals surface area contributed by atoms with E-state index in [1.807, 2.05) is 17.0 Å². The van der Waals surface area contributed by atoms with Gasteiger partial charge in [0.15, 0.2) is 0 Å². The maximum Gasteiger partial charge on any atom is 0.236 e. The Morgan fingerprint density at radius 3 is 2.66 bits per heavy atom. The van der Waals surface area contributed by atoms with Gasteiger partial charge in [-0.15, -0.1) is 11.3 Å². The third-order valence-corrected chi connectivity index (χ3v) is 8.82. The van der Waals surface area contributed by atoms with Gasteiger partial charge in [-0.3, -0.25) is 4.79 Å². The van der Waals surface area contributed by atoms with Crippen molar-refractivity contribution in [2.24, 2.45) is 0 Å². The molecule has 0 aliphatic carbocycles. The van der Waals surface area contributed by atoms with E-state index in [4.69, 9.17) is 0 Å². The molecule has 0 radical (unpaired) electrons. The van der Waals surface area contributed by atoms with Gasteiger partial charge in [0, 0.05) is 37.3 Å². The van der Waals surface area contributed by atoms with E-state index in [2.05, 4.69) is 29.0 Å². The number of rotatable bonds is 12. The Kier molecular flexibility index (Phi) is 9.22. The van der Waals surface area contributed by atoms with Crippen LogP contribution < -0.4 is 5.32 Å². The Balaban J connectivity index is 1.51. The molecule has 1 atom stereocenters. The lowest BCUT2D eigenvalue weighted by Crippen LogP contribution is -2.48. The monoisotopic (exact) mass is 478 g/mol. The van der Waals surface area contributed by atoms with E-state index < -0.39 is 9.84 Å². The van der Waals surface area contributed by atoms with Gasteiger partial charge in [0.2, 0.25) is 20.1 Å². The number of unbranched alkanes of at least 4 members (excludes halogenated alkanes) is 1. The summed E-state index contributed by atoms with van der Waals surface area (Å²) < 4.78 is 25.4. The SMILES string of the molecule is CCCN(CCCCN1CCNCC1=O)C(C)Cc1ccc(S(=O)(=O)c2nccs2)cc1. The highest BCUT2D eigenvalue weighted by Crippen LogP contribution is 2.23. The Hall–Kier alpha value is -1.81. The lowest BCUT2D eigenvalue weighted by atomic mass is 10.1. The molecule has 1 amide bonds. The summed E-state index contributed by atoms with van der Waals surface area (Å²) in [6.45, 7) is 9.45. The molecule has 1 aliphatic heterocycles. The van der Waals surface area contributed by atoms with Gasteiger partial charge in [0.1, 0.15) is 0 Å². The minimum atomic E-state index is -3.53. The van der Waals surface area contributed by atoms with Crippen molar-refractivity contribution in [3.05, 3.63) is 41.4 Å². The number of amides is 1. The van der Waals surface area contributed by atoms with E-state index in [9.17, 15) is 13.2 Å². The van der Waals surface area contributed by atoms with Crippen LogP contribution in [0.4, 0.5) is 0 Å². The number of nitrogens with one attached hydrogen (secondary N) is 1. The van der Waals surface area contributed by atoms with Crippen LogP contribution in [0.2, 0.25) is 0 Å². The fourth-order valence-electron chi connectivity index (χ4n) is 4.06. The summed E-state index contributed by atoms with van der Waals surface area (Å²) in [6.07, 6.45) is 5.55. The largest absolute Gasteiger partial charge is 0.340 e. The molecule has 1 unspecified atom stereocenters. The van der Waals surface area contributed by atoms with E-state index >= 15 is 0 Å². The number of carbonyl (C=O) groups excluding carboxylic acids is 1. The molecule has 2 aromatic rings. The first-order valence-corrected chi connectivity index (χ1v) is 13.7. The molecule has 1 N–H and O–H groups in total. The zero-order valence-corrected chi connectivity index (χ0v) is 20.6.